The minimum atomic E-state index is -0.562. The smallest absolute Gasteiger partial charge is 0.326 e. The normalized spacial score (nSPS) is 19.6. The van der Waals surface area contributed by atoms with Crippen LogP contribution < -0.4 is 5.32 Å². The van der Waals surface area contributed by atoms with Gasteiger partial charge < -0.3 is 4.74 Å². The van der Waals surface area contributed by atoms with Crippen LogP contribution in [0.15, 0.2) is 0 Å². The van der Waals surface area contributed by atoms with E-state index in [1.165, 1.54) is 31.4 Å². The van der Waals surface area contributed by atoms with Crippen molar-refractivity contribution in [1.29, 1.82) is 0 Å². The molecule has 0 aromatic rings. The molecule has 1 aliphatic carbocycles. The average molecular weight is 287 g/mol. The summed E-state index contributed by atoms with van der Waals surface area (Å²) in [4.78, 5) is 12.1. The molecule has 3 nitrogen and oxygen atoms in total. The topological polar surface area (TPSA) is 38.3 Å². The molecular formula is C15H29NO2S. The molecule has 1 N–H and O–H groups in total. The van der Waals surface area contributed by atoms with Gasteiger partial charge in [-0.15, -0.1) is 0 Å². The zero-order chi connectivity index (χ0) is 14.3. The molecule has 1 aliphatic rings. The minimum absolute atomic E-state index is 0.123. The van der Waals surface area contributed by atoms with Crippen molar-refractivity contribution in [3.63, 3.8) is 0 Å². The fraction of sp³-hybridized carbons (Fsp3) is 0.933. The zero-order valence-electron chi connectivity index (χ0n) is 12.8. The van der Waals surface area contributed by atoms with Crippen LogP contribution >= 0.6 is 11.8 Å². The van der Waals surface area contributed by atoms with Crippen LogP contribution in [-0.4, -0.2) is 35.7 Å². The minimum Gasteiger partial charge on any atom is -0.465 e. The maximum atomic E-state index is 12.1. The van der Waals surface area contributed by atoms with Crippen LogP contribution in [0, 0.1) is 5.92 Å². The Balaban J connectivity index is 2.45. The maximum Gasteiger partial charge on any atom is 0.326 e. The molecule has 0 spiro atoms. The lowest BCUT2D eigenvalue weighted by Crippen LogP contribution is -2.55. The first-order valence-electron chi connectivity index (χ1n) is 7.50. The van der Waals surface area contributed by atoms with Crippen LogP contribution in [0.3, 0.4) is 0 Å². The summed E-state index contributed by atoms with van der Waals surface area (Å²) in [5, 5.41) is 3.37. The van der Waals surface area contributed by atoms with Gasteiger partial charge in [0, 0.05) is 11.8 Å². The number of carbonyl (C=O) groups excluding carboxylic acids is 1. The van der Waals surface area contributed by atoms with Crippen LogP contribution in [0.1, 0.15) is 53.4 Å². The number of thioether (sulfide) groups is 1. The molecule has 1 atom stereocenters. The third kappa shape index (κ3) is 5.74. The molecular weight excluding hydrogens is 258 g/mol. The van der Waals surface area contributed by atoms with Crippen LogP contribution in [0.25, 0.3) is 0 Å². The summed E-state index contributed by atoms with van der Waals surface area (Å²) >= 11 is 1.89. The van der Waals surface area contributed by atoms with Crippen molar-refractivity contribution < 1.29 is 9.53 Å². The van der Waals surface area contributed by atoms with Crippen molar-refractivity contribution in [3.05, 3.63) is 0 Å². The predicted molar refractivity (Wildman–Crippen MR) is 82.6 cm³/mol. The van der Waals surface area contributed by atoms with Gasteiger partial charge in [0.05, 0.1) is 6.61 Å². The molecule has 0 radical (unpaired) electrons. The Morgan fingerprint density at radius 1 is 1.42 bits per heavy atom. The quantitative estimate of drug-likeness (QED) is 0.696. The standard InChI is InChI=1S/C15H29NO2S/c1-5-18-14(17)15(4,16-12(2)3)11-19-10-13-8-6-7-9-13/h12-13,16H,5-11H2,1-4H3. The molecule has 0 aromatic heterocycles. The highest BCUT2D eigenvalue weighted by Crippen LogP contribution is 2.29. The second-order valence-electron chi connectivity index (χ2n) is 6.02. The van der Waals surface area contributed by atoms with Gasteiger partial charge in [0.25, 0.3) is 0 Å². The van der Waals surface area contributed by atoms with E-state index < -0.39 is 5.54 Å². The number of ether oxygens (including phenoxy) is 1. The van der Waals surface area contributed by atoms with Crippen LogP contribution in [0.4, 0.5) is 0 Å². The van der Waals surface area contributed by atoms with Gasteiger partial charge >= 0.3 is 5.97 Å². The predicted octanol–water partition coefficient (Wildman–Crippen LogP) is 3.23. The summed E-state index contributed by atoms with van der Waals surface area (Å²) in [5.41, 5.74) is -0.562. The number of carbonyl (C=O) groups is 1. The molecule has 19 heavy (non-hydrogen) atoms. The molecule has 0 amide bonds. The van der Waals surface area contributed by atoms with Crippen molar-refractivity contribution in [1.82, 2.24) is 5.32 Å². The summed E-state index contributed by atoms with van der Waals surface area (Å²) in [6.07, 6.45) is 5.48. The first-order chi connectivity index (χ1) is 8.98. The molecule has 0 saturated heterocycles. The fourth-order valence-corrected chi connectivity index (χ4v) is 4.09. The highest BCUT2D eigenvalue weighted by atomic mass is 32.2. The van der Waals surface area contributed by atoms with E-state index in [4.69, 9.17) is 4.74 Å². The van der Waals surface area contributed by atoms with Gasteiger partial charge in [-0.25, -0.2) is 0 Å². The van der Waals surface area contributed by atoms with E-state index in [1.54, 1.807) is 0 Å². The number of hydrogen-bond donors (Lipinski definition) is 1. The molecule has 0 aliphatic heterocycles. The molecule has 1 rings (SSSR count). The Morgan fingerprint density at radius 3 is 2.58 bits per heavy atom. The van der Waals surface area contributed by atoms with Gasteiger partial charge in [0.1, 0.15) is 5.54 Å². The van der Waals surface area contributed by atoms with E-state index in [0.717, 1.165) is 11.7 Å². The third-order valence-electron chi connectivity index (χ3n) is 3.55. The number of rotatable bonds is 8. The van der Waals surface area contributed by atoms with Crippen LogP contribution in [-0.2, 0) is 9.53 Å². The first kappa shape index (κ1) is 16.8. The second kappa shape index (κ2) is 8.15. The fourth-order valence-electron chi connectivity index (χ4n) is 2.69. The lowest BCUT2D eigenvalue weighted by molar-refractivity contribution is -0.149. The Morgan fingerprint density at radius 2 is 2.05 bits per heavy atom. The van der Waals surface area contributed by atoms with Crippen molar-refractivity contribution in [3.8, 4) is 0 Å². The number of esters is 1. The molecule has 1 fully saturated rings. The third-order valence-corrected chi connectivity index (χ3v) is 5.04. The summed E-state index contributed by atoms with van der Waals surface area (Å²) in [5.74, 6) is 2.70. The van der Waals surface area contributed by atoms with E-state index in [-0.39, 0.29) is 12.0 Å². The van der Waals surface area contributed by atoms with Gasteiger partial charge in [0.15, 0.2) is 0 Å². The van der Waals surface area contributed by atoms with E-state index in [2.05, 4.69) is 19.2 Å². The highest BCUT2D eigenvalue weighted by Gasteiger charge is 2.35. The molecule has 0 aromatic carbocycles. The Labute approximate surface area is 122 Å². The van der Waals surface area contributed by atoms with Gasteiger partial charge in [-0.2, -0.15) is 11.8 Å². The van der Waals surface area contributed by atoms with Crippen molar-refractivity contribution in [2.45, 2.75) is 65.0 Å². The average Bonchev–Trinajstić information content (AvgIpc) is 2.81. The molecule has 112 valence electrons. The monoisotopic (exact) mass is 287 g/mol. The summed E-state index contributed by atoms with van der Waals surface area (Å²) in [6, 6.07) is 0.279. The molecule has 1 saturated carbocycles. The van der Waals surface area contributed by atoms with Crippen LogP contribution in [0.5, 0.6) is 0 Å². The molecule has 0 bridgehead atoms. The van der Waals surface area contributed by atoms with E-state index >= 15 is 0 Å². The second-order valence-corrected chi connectivity index (χ2v) is 7.05. The number of hydrogen-bond acceptors (Lipinski definition) is 4. The van der Waals surface area contributed by atoms with Crippen molar-refractivity contribution >= 4 is 17.7 Å². The van der Waals surface area contributed by atoms with Crippen LogP contribution in [0.2, 0.25) is 0 Å². The van der Waals surface area contributed by atoms with Crippen molar-refractivity contribution in [2.75, 3.05) is 18.1 Å². The van der Waals surface area contributed by atoms with Gasteiger partial charge in [-0.1, -0.05) is 12.8 Å². The number of nitrogens with one attached hydrogen (secondary N) is 1. The van der Waals surface area contributed by atoms with Gasteiger partial charge in [0.2, 0.25) is 0 Å². The Bertz CT molecular complexity index is 277. The van der Waals surface area contributed by atoms with Crippen molar-refractivity contribution in [2.24, 2.45) is 5.92 Å². The molecule has 1 unspecified atom stereocenters. The first-order valence-corrected chi connectivity index (χ1v) is 8.66. The molecule has 0 heterocycles. The largest absolute Gasteiger partial charge is 0.465 e. The van der Waals surface area contributed by atoms with Gasteiger partial charge in [-0.05, 0) is 52.2 Å². The Kier molecular flexibility index (Phi) is 7.22. The SMILES string of the molecule is CCOC(=O)C(C)(CSCC1CCCC1)NC(C)C. The molecule has 4 heteroatoms. The Hall–Kier alpha value is -0.220. The summed E-state index contributed by atoms with van der Waals surface area (Å²) < 4.78 is 5.22. The summed E-state index contributed by atoms with van der Waals surface area (Å²) in [7, 11) is 0. The maximum absolute atomic E-state index is 12.1. The lowest BCUT2D eigenvalue weighted by Gasteiger charge is -2.30. The van der Waals surface area contributed by atoms with E-state index in [0.29, 0.717) is 6.61 Å². The van der Waals surface area contributed by atoms with E-state index in [9.17, 15) is 4.79 Å². The lowest BCUT2D eigenvalue weighted by atomic mass is 10.0. The summed E-state index contributed by atoms with van der Waals surface area (Å²) in [6.45, 7) is 8.41. The van der Waals surface area contributed by atoms with Gasteiger partial charge in [-0.3, -0.25) is 10.1 Å². The highest BCUT2D eigenvalue weighted by molar-refractivity contribution is 7.99. The van der Waals surface area contributed by atoms with E-state index in [1.807, 2.05) is 25.6 Å². The zero-order valence-corrected chi connectivity index (χ0v) is 13.6.